The molecule has 1 aromatic carbocycles. The van der Waals surface area contributed by atoms with Crippen molar-refractivity contribution < 1.29 is 17.9 Å². The molecule has 1 atom stereocenters. The quantitative estimate of drug-likeness (QED) is 0.819. The molecule has 1 aliphatic rings. The molecule has 1 fully saturated rings. The maximum atomic E-state index is 12.0. The van der Waals surface area contributed by atoms with Gasteiger partial charge in [0.1, 0.15) is 12.4 Å². The molecule has 1 unspecified atom stereocenters. The molecule has 0 aromatic heterocycles. The molecule has 1 aliphatic heterocycles. The van der Waals surface area contributed by atoms with E-state index in [0.29, 0.717) is 31.0 Å². The zero-order valence-corrected chi connectivity index (χ0v) is 11.9. The van der Waals surface area contributed by atoms with E-state index in [1.54, 1.807) is 24.3 Å². The van der Waals surface area contributed by atoms with Gasteiger partial charge in [0.15, 0.2) is 9.84 Å². The third kappa shape index (κ3) is 3.94. The van der Waals surface area contributed by atoms with Gasteiger partial charge in [0.05, 0.1) is 17.4 Å². The first-order valence-corrected chi connectivity index (χ1v) is 8.26. The van der Waals surface area contributed by atoms with Crippen molar-refractivity contribution in [2.24, 2.45) is 11.7 Å². The zero-order chi connectivity index (χ0) is 14.6. The Morgan fingerprint density at radius 2 is 2.25 bits per heavy atom. The van der Waals surface area contributed by atoms with E-state index in [1.807, 2.05) is 0 Å². The number of benzene rings is 1. The molecule has 2 rings (SSSR count). The van der Waals surface area contributed by atoms with E-state index in [1.165, 1.54) is 0 Å². The molecule has 1 amide bonds. The van der Waals surface area contributed by atoms with Crippen molar-refractivity contribution in [3.63, 3.8) is 0 Å². The van der Waals surface area contributed by atoms with E-state index in [0.717, 1.165) is 0 Å². The third-order valence-corrected chi connectivity index (χ3v) is 4.86. The lowest BCUT2D eigenvalue weighted by molar-refractivity contribution is -0.119. The molecule has 7 heteroatoms. The number of amides is 1. The van der Waals surface area contributed by atoms with Gasteiger partial charge >= 0.3 is 0 Å². The van der Waals surface area contributed by atoms with E-state index in [9.17, 15) is 13.2 Å². The summed E-state index contributed by atoms with van der Waals surface area (Å²) in [7, 11) is -3.05. The summed E-state index contributed by atoms with van der Waals surface area (Å²) in [5.41, 5.74) is 5.94. The Morgan fingerprint density at radius 1 is 1.45 bits per heavy atom. The average Bonchev–Trinajstić information content (AvgIpc) is 2.77. The van der Waals surface area contributed by atoms with Crippen molar-refractivity contribution in [2.75, 3.05) is 30.0 Å². The normalized spacial score (nSPS) is 20.6. The number of sulfone groups is 1. The van der Waals surface area contributed by atoms with Crippen molar-refractivity contribution >= 4 is 21.4 Å². The molecule has 1 saturated heterocycles. The van der Waals surface area contributed by atoms with Gasteiger partial charge in [-0.2, -0.15) is 0 Å². The van der Waals surface area contributed by atoms with Gasteiger partial charge < -0.3 is 15.8 Å². The number of rotatable bonds is 5. The molecule has 110 valence electrons. The van der Waals surface area contributed by atoms with E-state index < -0.39 is 15.8 Å². The molecular formula is C13H18N2O4S. The number of nitrogens with two attached hydrogens (primary N) is 1. The number of nitrogens with one attached hydrogen (secondary N) is 1. The van der Waals surface area contributed by atoms with Gasteiger partial charge in [-0.25, -0.2) is 8.42 Å². The fourth-order valence-electron chi connectivity index (χ4n) is 2.09. The lowest BCUT2D eigenvalue weighted by atomic mass is 10.1. The fraction of sp³-hybridized carbons (Fsp3) is 0.462. The number of carbonyl (C=O) groups excluding carboxylic acids is 1. The van der Waals surface area contributed by atoms with Crippen LogP contribution in [0, 0.1) is 5.92 Å². The van der Waals surface area contributed by atoms with Gasteiger partial charge in [0.25, 0.3) is 0 Å². The lowest BCUT2D eigenvalue weighted by Gasteiger charge is -2.11. The minimum absolute atomic E-state index is 0.0673. The average molecular weight is 298 g/mol. The summed E-state index contributed by atoms with van der Waals surface area (Å²) in [5.74, 6) is -0.0876. The predicted octanol–water partition coefficient (Wildman–Crippen LogP) is 0.397. The maximum absolute atomic E-state index is 12.0. The summed E-state index contributed by atoms with van der Waals surface area (Å²) in [4.78, 5) is 12.0. The van der Waals surface area contributed by atoms with Crippen molar-refractivity contribution in [2.45, 2.75) is 6.42 Å². The molecule has 0 aliphatic carbocycles. The number of ether oxygens (including phenoxy) is 1. The van der Waals surface area contributed by atoms with Crippen LogP contribution in [0.4, 0.5) is 5.69 Å². The summed E-state index contributed by atoms with van der Waals surface area (Å²) in [5, 5.41) is 2.72. The maximum Gasteiger partial charge on any atom is 0.228 e. The van der Waals surface area contributed by atoms with Gasteiger partial charge in [0, 0.05) is 18.3 Å². The molecule has 0 radical (unpaired) electrons. The Morgan fingerprint density at radius 3 is 2.90 bits per heavy atom. The second-order valence-corrected chi connectivity index (χ2v) is 6.98. The molecule has 20 heavy (non-hydrogen) atoms. The van der Waals surface area contributed by atoms with Crippen molar-refractivity contribution in [1.82, 2.24) is 0 Å². The van der Waals surface area contributed by atoms with Crippen LogP contribution in [-0.2, 0) is 14.6 Å². The highest BCUT2D eigenvalue weighted by molar-refractivity contribution is 7.91. The van der Waals surface area contributed by atoms with Crippen molar-refractivity contribution in [3.05, 3.63) is 24.3 Å². The van der Waals surface area contributed by atoms with Gasteiger partial charge in [0.2, 0.25) is 5.91 Å². The Bertz CT molecular complexity index is 586. The van der Waals surface area contributed by atoms with E-state index in [4.69, 9.17) is 10.5 Å². The number of anilines is 1. The predicted molar refractivity (Wildman–Crippen MR) is 76.4 cm³/mol. The van der Waals surface area contributed by atoms with Crippen LogP contribution >= 0.6 is 0 Å². The van der Waals surface area contributed by atoms with Crippen LogP contribution in [0.25, 0.3) is 0 Å². The van der Waals surface area contributed by atoms with Gasteiger partial charge in [-0.15, -0.1) is 0 Å². The number of carbonyl (C=O) groups is 1. The number of hydrogen-bond acceptors (Lipinski definition) is 5. The second-order valence-electron chi connectivity index (χ2n) is 4.75. The smallest absolute Gasteiger partial charge is 0.228 e. The fourth-order valence-corrected chi connectivity index (χ4v) is 3.83. The van der Waals surface area contributed by atoms with Crippen LogP contribution in [0.1, 0.15) is 6.42 Å². The summed E-state index contributed by atoms with van der Waals surface area (Å²) >= 11 is 0. The summed E-state index contributed by atoms with van der Waals surface area (Å²) in [6.07, 6.45) is 0.386. The Kier molecular flexibility index (Phi) is 4.61. The minimum Gasteiger partial charge on any atom is -0.492 e. The van der Waals surface area contributed by atoms with Gasteiger partial charge in [-0.05, 0) is 18.6 Å². The van der Waals surface area contributed by atoms with Crippen LogP contribution in [0.15, 0.2) is 24.3 Å². The van der Waals surface area contributed by atoms with Crippen LogP contribution in [-0.4, -0.2) is 39.0 Å². The third-order valence-electron chi connectivity index (χ3n) is 3.09. The monoisotopic (exact) mass is 298 g/mol. The van der Waals surface area contributed by atoms with Crippen LogP contribution in [0.5, 0.6) is 5.75 Å². The first kappa shape index (κ1) is 14.8. The van der Waals surface area contributed by atoms with Gasteiger partial charge in [-0.3, -0.25) is 4.79 Å². The largest absolute Gasteiger partial charge is 0.492 e. The first-order valence-electron chi connectivity index (χ1n) is 6.44. The molecule has 0 saturated carbocycles. The summed E-state index contributed by atoms with van der Waals surface area (Å²) < 4.78 is 28.1. The highest BCUT2D eigenvalue weighted by Crippen LogP contribution is 2.22. The minimum atomic E-state index is -3.05. The topological polar surface area (TPSA) is 98.5 Å². The zero-order valence-electron chi connectivity index (χ0n) is 11.0. The molecule has 0 bridgehead atoms. The molecule has 1 heterocycles. The molecule has 6 nitrogen and oxygen atoms in total. The van der Waals surface area contributed by atoms with Crippen LogP contribution in [0.3, 0.4) is 0 Å². The summed E-state index contributed by atoms with van der Waals surface area (Å²) in [6, 6.07) is 6.95. The number of hydrogen-bond donors (Lipinski definition) is 2. The highest BCUT2D eigenvalue weighted by Gasteiger charge is 2.32. The Hall–Kier alpha value is -1.60. The SMILES string of the molecule is NCCOc1cccc(NC(=O)C2CCS(=O)(=O)C2)c1. The molecular weight excluding hydrogens is 280 g/mol. The van der Waals surface area contributed by atoms with E-state index >= 15 is 0 Å². The second kappa shape index (κ2) is 6.23. The molecule has 1 aromatic rings. The van der Waals surface area contributed by atoms with Crippen LogP contribution in [0.2, 0.25) is 0 Å². The molecule has 0 spiro atoms. The van der Waals surface area contributed by atoms with Crippen molar-refractivity contribution in [1.29, 1.82) is 0 Å². The first-order chi connectivity index (χ1) is 9.50. The van der Waals surface area contributed by atoms with Crippen LogP contribution < -0.4 is 15.8 Å². The van der Waals surface area contributed by atoms with Crippen molar-refractivity contribution in [3.8, 4) is 5.75 Å². The Balaban J connectivity index is 1.97. The van der Waals surface area contributed by atoms with E-state index in [2.05, 4.69) is 5.32 Å². The summed E-state index contributed by atoms with van der Waals surface area (Å²) in [6.45, 7) is 0.814. The Labute approximate surface area is 118 Å². The highest BCUT2D eigenvalue weighted by atomic mass is 32.2. The standard InChI is InChI=1S/C13H18N2O4S/c14-5-6-19-12-3-1-2-11(8-12)15-13(16)10-4-7-20(17,18)9-10/h1-3,8,10H,4-7,9,14H2,(H,15,16). The van der Waals surface area contributed by atoms with Gasteiger partial charge in [-0.1, -0.05) is 6.07 Å². The van der Waals surface area contributed by atoms with E-state index in [-0.39, 0.29) is 17.4 Å². The molecule has 3 N–H and O–H groups in total. The lowest BCUT2D eigenvalue weighted by Crippen LogP contribution is -2.23.